The molecule has 13 heteroatoms. The number of unbranched alkanes of at least 4 members (excludes halogenated alkanes) is 1. The van der Waals surface area contributed by atoms with Gasteiger partial charge in [0.25, 0.3) is 0 Å². The van der Waals surface area contributed by atoms with Crippen molar-refractivity contribution in [1.29, 1.82) is 0 Å². The molecule has 1 aliphatic rings. The van der Waals surface area contributed by atoms with Gasteiger partial charge in [0.15, 0.2) is 17.6 Å². The molecular formula is C23H35N3O9S. The van der Waals surface area contributed by atoms with Gasteiger partial charge in [0.2, 0.25) is 22.2 Å². The van der Waals surface area contributed by atoms with Crippen molar-refractivity contribution < 1.29 is 42.1 Å². The summed E-state index contributed by atoms with van der Waals surface area (Å²) < 4.78 is 43.3. The second-order valence-electron chi connectivity index (χ2n) is 9.45. The van der Waals surface area contributed by atoms with Crippen LogP contribution in [0.4, 0.5) is 4.79 Å². The molecule has 2 rings (SSSR count). The fraction of sp³-hybridized carbons (Fsp3) is 0.609. The number of aliphatic carboxylic acids is 1. The summed E-state index contributed by atoms with van der Waals surface area (Å²) in [6.07, 6.45) is -1.23. The van der Waals surface area contributed by atoms with E-state index in [0.29, 0.717) is 24.2 Å². The molecule has 0 saturated carbocycles. The van der Waals surface area contributed by atoms with Gasteiger partial charge in [0.1, 0.15) is 18.2 Å². The lowest BCUT2D eigenvalue weighted by Crippen LogP contribution is -2.52. The summed E-state index contributed by atoms with van der Waals surface area (Å²) in [5.74, 6) is -1.35. The Bertz CT molecular complexity index is 1050. The number of ether oxygens (including phenoxy) is 3. The molecule has 202 valence electrons. The zero-order valence-corrected chi connectivity index (χ0v) is 21.9. The minimum Gasteiger partial charge on any atom is -0.481 e. The predicted molar refractivity (Wildman–Crippen MR) is 130 cm³/mol. The molecular weight excluding hydrogens is 494 g/mol. The Morgan fingerprint density at radius 1 is 1.17 bits per heavy atom. The van der Waals surface area contributed by atoms with E-state index >= 15 is 0 Å². The molecule has 2 unspecified atom stereocenters. The van der Waals surface area contributed by atoms with Crippen LogP contribution in [-0.4, -0.2) is 67.8 Å². The van der Waals surface area contributed by atoms with Crippen LogP contribution in [0.2, 0.25) is 0 Å². The highest BCUT2D eigenvalue weighted by molar-refractivity contribution is 7.89. The number of alkyl carbamates (subject to hydrolysis) is 1. The van der Waals surface area contributed by atoms with Gasteiger partial charge in [-0.1, -0.05) is 19.4 Å². The number of amides is 2. The summed E-state index contributed by atoms with van der Waals surface area (Å²) >= 11 is 0. The first kappa shape index (κ1) is 29.2. The monoisotopic (exact) mass is 529 g/mol. The van der Waals surface area contributed by atoms with Gasteiger partial charge in [-0.25, -0.2) is 17.9 Å². The molecule has 0 aromatic heterocycles. The van der Waals surface area contributed by atoms with Gasteiger partial charge in [-0.2, -0.15) is 0 Å². The summed E-state index contributed by atoms with van der Waals surface area (Å²) in [4.78, 5) is 35.7. The SMILES string of the molecule is CCCCS(=O)(=O)N[C@@H](Cc1ccc2c(c1)OC(NC(=O)CNC(=O)OC(C)(C)C)C(C)O2)C(=O)O. The Hall–Kier alpha value is -3.06. The first-order valence-corrected chi connectivity index (χ1v) is 13.3. The topological polar surface area (TPSA) is 169 Å². The van der Waals surface area contributed by atoms with E-state index in [-0.39, 0.29) is 24.5 Å². The maximum atomic E-state index is 12.3. The zero-order valence-electron chi connectivity index (χ0n) is 21.1. The Labute approximate surface area is 211 Å². The average molecular weight is 530 g/mol. The number of nitrogens with one attached hydrogen (secondary N) is 3. The number of benzene rings is 1. The lowest BCUT2D eigenvalue weighted by Gasteiger charge is -2.32. The minimum absolute atomic E-state index is 0.121. The molecule has 1 aromatic carbocycles. The largest absolute Gasteiger partial charge is 0.481 e. The second-order valence-corrected chi connectivity index (χ2v) is 11.3. The fourth-order valence-electron chi connectivity index (χ4n) is 3.21. The highest BCUT2D eigenvalue weighted by Crippen LogP contribution is 2.34. The Balaban J connectivity index is 2.03. The zero-order chi connectivity index (χ0) is 27.1. The standard InChI is InChI=1S/C23H35N3O9S/c1-6-7-10-36(31,32)26-16(21(28)29)11-15-8-9-17-18(12-15)34-20(14(2)33-17)25-19(27)13-24-22(30)35-23(3,4)5/h8-9,12,14,16,20,26H,6-7,10-11,13H2,1-5H3,(H,24,30)(H,25,27)(H,28,29)/t14?,16-,20?/m0/s1. The Morgan fingerprint density at radius 3 is 2.47 bits per heavy atom. The third-order valence-corrected chi connectivity index (χ3v) is 6.39. The number of fused-ring (bicyclic) bond motifs is 1. The number of carbonyl (C=O) groups is 3. The van der Waals surface area contributed by atoms with Gasteiger partial charge >= 0.3 is 12.1 Å². The molecule has 3 atom stereocenters. The van der Waals surface area contributed by atoms with Crippen molar-refractivity contribution in [2.75, 3.05) is 12.3 Å². The average Bonchev–Trinajstić information content (AvgIpc) is 2.75. The number of sulfonamides is 1. The maximum Gasteiger partial charge on any atom is 0.408 e. The van der Waals surface area contributed by atoms with E-state index in [1.54, 1.807) is 39.8 Å². The molecule has 12 nitrogen and oxygen atoms in total. The van der Waals surface area contributed by atoms with Crippen LogP contribution in [0.3, 0.4) is 0 Å². The number of rotatable bonds is 11. The van der Waals surface area contributed by atoms with Crippen LogP contribution < -0.4 is 24.8 Å². The number of carbonyl (C=O) groups excluding carboxylic acids is 2. The molecule has 4 N–H and O–H groups in total. The predicted octanol–water partition coefficient (Wildman–Crippen LogP) is 1.53. The van der Waals surface area contributed by atoms with Crippen LogP contribution in [0, 0.1) is 0 Å². The Kier molecular flexibility index (Phi) is 9.93. The molecule has 0 fully saturated rings. The quantitative estimate of drug-likeness (QED) is 0.332. The number of carboxylic acid groups (broad SMARTS) is 1. The van der Waals surface area contributed by atoms with Crippen molar-refractivity contribution in [3.8, 4) is 11.5 Å². The number of hydrogen-bond acceptors (Lipinski definition) is 8. The van der Waals surface area contributed by atoms with Crippen LogP contribution in [-0.2, 0) is 30.8 Å². The third-order valence-electron chi connectivity index (χ3n) is 4.92. The normalized spacial score (nSPS) is 18.1. The molecule has 1 aliphatic heterocycles. The van der Waals surface area contributed by atoms with Gasteiger partial charge < -0.3 is 30.0 Å². The highest BCUT2D eigenvalue weighted by Gasteiger charge is 2.31. The summed E-state index contributed by atoms with van der Waals surface area (Å²) in [5.41, 5.74) is -0.208. The van der Waals surface area contributed by atoms with E-state index < -0.39 is 52.0 Å². The molecule has 0 spiro atoms. The molecule has 36 heavy (non-hydrogen) atoms. The van der Waals surface area contributed by atoms with Gasteiger partial charge in [-0.05, 0) is 58.2 Å². The van der Waals surface area contributed by atoms with Gasteiger partial charge in [-0.15, -0.1) is 0 Å². The first-order chi connectivity index (χ1) is 16.7. The van der Waals surface area contributed by atoms with Gasteiger partial charge in [0, 0.05) is 0 Å². The second kappa shape index (κ2) is 12.3. The van der Waals surface area contributed by atoms with E-state index in [1.165, 1.54) is 6.07 Å². The van der Waals surface area contributed by atoms with Crippen LogP contribution in [0.5, 0.6) is 11.5 Å². The first-order valence-electron chi connectivity index (χ1n) is 11.6. The van der Waals surface area contributed by atoms with Crippen molar-refractivity contribution in [3.63, 3.8) is 0 Å². The van der Waals surface area contributed by atoms with Crippen LogP contribution >= 0.6 is 0 Å². The molecule has 0 radical (unpaired) electrons. The number of hydrogen-bond donors (Lipinski definition) is 4. The summed E-state index contributed by atoms with van der Waals surface area (Å²) in [6, 6.07) is 3.39. The summed E-state index contributed by atoms with van der Waals surface area (Å²) in [5, 5.41) is 14.5. The van der Waals surface area contributed by atoms with Crippen molar-refractivity contribution >= 4 is 28.0 Å². The van der Waals surface area contributed by atoms with Crippen LogP contribution in [0.25, 0.3) is 0 Å². The summed E-state index contributed by atoms with van der Waals surface area (Å²) in [6.45, 7) is 8.29. The molecule has 2 amide bonds. The van der Waals surface area contributed by atoms with Gasteiger partial charge in [-0.3, -0.25) is 9.59 Å². The van der Waals surface area contributed by atoms with Gasteiger partial charge in [0.05, 0.1) is 5.75 Å². The van der Waals surface area contributed by atoms with Crippen molar-refractivity contribution in [1.82, 2.24) is 15.4 Å². The van der Waals surface area contributed by atoms with E-state index in [9.17, 15) is 27.9 Å². The Morgan fingerprint density at radius 2 is 1.86 bits per heavy atom. The van der Waals surface area contributed by atoms with Crippen molar-refractivity contribution in [2.45, 2.75) is 77.9 Å². The van der Waals surface area contributed by atoms with E-state index in [1.807, 2.05) is 6.92 Å². The maximum absolute atomic E-state index is 12.3. The molecule has 0 bridgehead atoms. The lowest BCUT2D eigenvalue weighted by molar-refractivity contribution is -0.139. The summed E-state index contributed by atoms with van der Waals surface area (Å²) in [7, 11) is -3.75. The molecule has 1 aromatic rings. The van der Waals surface area contributed by atoms with Crippen LogP contribution in [0.1, 0.15) is 53.0 Å². The molecule has 0 aliphatic carbocycles. The minimum atomic E-state index is -3.75. The smallest absolute Gasteiger partial charge is 0.408 e. The van der Waals surface area contributed by atoms with E-state index in [0.717, 1.165) is 0 Å². The number of carboxylic acids is 1. The van der Waals surface area contributed by atoms with Crippen molar-refractivity contribution in [3.05, 3.63) is 23.8 Å². The highest BCUT2D eigenvalue weighted by atomic mass is 32.2. The molecule has 1 heterocycles. The molecule has 0 saturated heterocycles. The fourth-order valence-corrected chi connectivity index (χ4v) is 4.62. The third kappa shape index (κ3) is 9.53. The lowest BCUT2D eigenvalue weighted by atomic mass is 10.1. The van der Waals surface area contributed by atoms with Crippen molar-refractivity contribution in [2.24, 2.45) is 0 Å². The van der Waals surface area contributed by atoms with E-state index in [2.05, 4.69) is 15.4 Å². The van der Waals surface area contributed by atoms with E-state index in [4.69, 9.17) is 14.2 Å². The van der Waals surface area contributed by atoms with Crippen LogP contribution in [0.15, 0.2) is 18.2 Å².